The van der Waals surface area contributed by atoms with Gasteiger partial charge in [-0.05, 0) is 12.8 Å². The molecule has 0 aromatic rings. The zero-order valence-electron chi connectivity index (χ0n) is 8.02. The van der Waals surface area contributed by atoms with Gasteiger partial charge in [0.25, 0.3) is 0 Å². The summed E-state index contributed by atoms with van der Waals surface area (Å²) in [5, 5.41) is 0. The van der Waals surface area contributed by atoms with Crippen molar-refractivity contribution in [1.29, 1.82) is 0 Å². The van der Waals surface area contributed by atoms with Gasteiger partial charge in [0.2, 0.25) is 0 Å². The Morgan fingerprint density at radius 1 is 1.50 bits per heavy atom. The van der Waals surface area contributed by atoms with E-state index >= 15 is 0 Å². The highest BCUT2D eigenvalue weighted by atomic mass is 16.5. The second-order valence-electron chi connectivity index (χ2n) is 2.29. The van der Waals surface area contributed by atoms with E-state index in [0.29, 0.717) is 0 Å². The van der Waals surface area contributed by atoms with E-state index in [1.807, 2.05) is 13.8 Å². The average Bonchev–Trinajstić information content (AvgIpc) is 2.21. The number of nitrogens with one attached hydrogen (secondary N) is 2. The molecular formula is C8H18N2O2. The highest BCUT2D eigenvalue weighted by Crippen LogP contribution is 2.00. The molecule has 1 unspecified atom stereocenters. The lowest BCUT2D eigenvalue weighted by Crippen LogP contribution is -2.50. The van der Waals surface area contributed by atoms with Crippen LogP contribution in [0.5, 0.6) is 0 Å². The largest absolute Gasteiger partial charge is 0.468 e. The second kappa shape index (κ2) is 7.06. The summed E-state index contributed by atoms with van der Waals surface area (Å²) in [4.78, 5) is 10.8. The molecule has 1 rings (SSSR count). The van der Waals surface area contributed by atoms with Crippen LogP contribution in [-0.2, 0) is 9.53 Å². The topological polar surface area (TPSA) is 50.4 Å². The lowest BCUT2D eigenvalue weighted by atomic mass is 10.1. The molecule has 1 fully saturated rings. The Balaban J connectivity index is 0.000000561. The molecule has 0 radical (unpaired) electrons. The van der Waals surface area contributed by atoms with Gasteiger partial charge in [-0.1, -0.05) is 13.8 Å². The maximum absolute atomic E-state index is 10.8. The molecule has 0 spiro atoms. The number of hydrazine groups is 1. The number of methoxy groups -OCH3 is 1. The minimum Gasteiger partial charge on any atom is -0.468 e. The minimum atomic E-state index is -0.188. The number of carbonyl (C=O) groups excluding carboxylic acids is 1. The molecule has 1 aliphatic heterocycles. The van der Waals surface area contributed by atoms with Crippen molar-refractivity contribution in [3.05, 3.63) is 0 Å². The van der Waals surface area contributed by atoms with Crippen LogP contribution < -0.4 is 10.9 Å². The summed E-state index contributed by atoms with van der Waals surface area (Å²) in [7, 11) is 1.40. The molecule has 0 aliphatic carbocycles. The van der Waals surface area contributed by atoms with Crippen molar-refractivity contribution < 1.29 is 9.53 Å². The van der Waals surface area contributed by atoms with Gasteiger partial charge in [0.05, 0.1) is 7.11 Å². The number of rotatable bonds is 1. The summed E-state index contributed by atoms with van der Waals surface area (Å²) in [6.07, 6.45) is 1.88. The highest BCUT2D eigenvalue weighted by molar-refractivity contribution is 5.75. The van der Waals surface area contributed by atoms with Gasteiger partial charge in [-0.2, -0.15) is 0 Å². The molecule has 1 atom stereocenters. The van der Waals surface area contributed by atoms with Crippen molar-refractivity contribution in [2.24, 2.45) is 0 Å². The first-order chi connectivity index (χ1) is 5.84. The third kappa shape index (κ3) is 3.69. The van der Waals surface area contributed by atoms with Crippen LogP contribution >= 0.6 is 0 Å². The Bertz CT molecular complexity index is 122. The van der Waals surface area contributed by atoms with E-state index < -0.39 is 0 Å². The molecule has 1 heterocycles. The van der Waals surface area contributed by atoms with Gasteiger partial charge in [-0.3, -0.25) is 10.2 Å². The molecule has 0 aromatic carbocycles. The highest BCUT2D eigenvalue weighted by Gasteiger charge is 2.20. The zero-order chi connectivity index (χ0) is 9.40. The van der Waals surface area contributed by atoms with Crippen LogP contribution in [0.15, 0.2) is 0 Å². The van der Waals surface area contributed by atoms with Gasteiger partial charge < -0.3 is 4.74 Å². The maximum Gasteiger partial charge on any atom is 0.324 e. The number of hydrogen-bond donors (Lipinski definition) is 2. The van der Waals surface area contributed by atoms with E-state index in [2.05, 4.69) is 15.6 Å². The van der Waals surface area contributed by atoms with E-state index in [-0.39, 0.29) is 12.0 Å². The molecule has 1 aliphatic rings. The zero-order valence-corrected chi connectivity index (χ0v) is 8.02. The lowest BCUT2D eigenvalue weighted by Gasteiger charge is -2.21. The third-order valence-electron chi connectivity index (χ3n) is 1.56. The standard InChI is InChI=1S/C6H12N2O2.C2H6/c1-10-6(9)5-3-2-4-7-8-5;1-2/h5,7-8H,2-4H2,1H3;1-2H3. The molecular weight excluding hydrogens is 156 g/mol. The Morgan fingerprint density at radius 2 is 2.17 bits per heavy atom. The van der Waals surface area contributed by atoms with Crippen LogP contribution in [0.25, 0.3) is 0 Å². The van der Waals surface area contributed by atoms with Gasteiger partial charge in [-0.15, -0.1) is 0 Å². The van der Waals surface area contributed by atoms with Gasteiger partial charge in [0.15, 0.2) is 0 Å². The van der Waals surface area contributed by atoms with Gasteiger partial charge >= 0.3 is 5.97 Å². The first-order valence-corrected chi connectivity index (χ1v) is 4.41. The Hall–Kier alpha value is -0.610. The fourth-order valence-corrected chi connectivity index (χ4v) is 0.981. The SMILES string of the molecule is CC.COC(=O)C1CCCNN1. The second-order valence-corrected chi connectivity index (χ2v) is 2.29. The van der Waals surface area contributed by atoms with Crippen molar-refractivity contribution >= 4 is 5.97 Å². The average molecular weight is 174 g/mol. The van der Waals surface area contributed by atoms with Crippen LogP contribution in [0.1, 0.15) is 26.7 Å². The van der Waals surface area contributed by atoms with E-state index in [1.165, 1.54) is 7.11 Å². The molecule has 4 nitrogen and oxygen atoms in total. The number of ether oxygens (including phenoxy) is 1. The van der Waals surface area contributed by atoms with Crippen molar-refractivity contribution in [2.45, 2.75) is 32.7 Å². The van der Waals surface area contributed by atoms with Crippen LogP contribution in [0.2, 0.25) is 0 Å². The number of esters is 1. The fourth-order valence-electron chi connectivity index (χ4n) is 0.981. The van der Waals surface area contributed by atoms with Crippen molar-refractivity contribution in [3.63, 3.8) is 0 Å². The summed E-state index contributed by atoms with van der Waals surface area (Å²) >= 11 is 0. The molecule has 0 saturated carbocycles. The van der Waals surface area contributed by atoms with Crippen molar-refractivity contribution in [1.82, 2.24) is 10.9 Å². The molecule has 1 saturated heterocycles. The Morgan fingerprint density at radius 3 is 2.58 bits per heavy atom. The van der Waals surface area contributed by atoms with Crippen LogP contribution in [0, 0.1) is 0 Å². The number of carbonyl (C=O) groups is 1. The van der Waals surface area contributed by atoms with Crippen LogP contribution in [0.4, 0.5) is 0 Å². The molecule has 72 valence electrons. The quantitative estimate of drug-likeness (QED) is 0.566. The molecule has 0 amide bonds. The van der Waals surface area contributed by atoms with Crippen LogP contribution in [-0.4, -0.2) is 25.7 Å². The van der Waals surface area contributed by atoms with E-state index in [4.69, 9.17) is 0 Å². The van der Waals surface area contributed by atoms with E-state index in [9.17, 15) is 4.79 Å². The number of hydrogen-bond acceptors (Lipinski definition) is 4. The molecule has 0 aromatic heterocycles. The predicted molar refractivity (Wildman–Crippen MR) is 47.5 cm³/mol. The molecule has 4 heteroatoms. The minimum absolute atomic E-state index is 0.154. The maximum atomic E-state index is 10.8. The first-order valence-electron chi connectivity index (χ1n) is 4.41. The Labute approximate surface area is 73.6 Å². The third-order valence-corrected chi connectivity index (χ3v) is 1.56. The van der Waals surface area contributed by atoms with E-state index in [1.54, 1.807) is 0 Å². The smallest absolute Gasteiger partial charge is 0.324 e. The first kappa shape index (κ1) is 11.4. The fraction of sp³-hybridized carbons (Fsp3) is 0.875. The Kier molecular flexibility index (Phi) is 6.70. The molecule has 2 N–H and O–H groups in total. The van der Waals surface area contributed by atoms with E-state index in [0.717, 1.165) is 19.4 Å². The van der Waals surface area contributed by atoms with Gasteiger partial charge in [0, 0.05) is 6.54 Å². The molecule has 0 bridgehead atoms. The predicted octanol–water partition coefficient (Wildman–Crippen LogP) is 0.442. The summed E-state index contributed by atoms with van der Waals surface area (Å²) in [5.74, 6) is -0.188. The van der Waals surface area contributed by atoms with Gasteiger partial charge in [0.1, 0.15) is 6.04 Å². The van der Waals surface area contributed by atoms with Gasteiger partial charge in [-0.25, -0.2) is 5.43 Å². The summed E-state index contributed by atoms with van der Waals surface area (Å²) in [6, 6.07) is -0.154. The molecule has 12 heavy (non-hydrogen) atoms. The van der Waals surface area contributed by atoms with Crippen molar-refractivity contribution in [3.8, 4) is 0 Å². The summed E-state index contributed by atoms with van der Waals surface area (Å²) < 4.78 is 4.55. The lowest BCUT2D eigenvalue weighted by molar-refractivity contribution is -0.144. The van der Waals surface area contributed by atoms with Crippen LogP contribution in [0.3, 0.4) is 0 Å². The normalized spacial score (nSPS) is 22.1. The monoisotopic (exact) mass is 174 g/mol. The van der Waals surface area contributed by atoms with Crippen molar-refractivity contribution in [2.75, 3.05) is 13.7 Å². The summed E-state index contributed by atoms with van der Waals surface area (Å²) in [5.41, 5.74) is 5.74. The summed E-state index contributed by atoms with van der Waals surface area (Å²) in [6.45, 7) is 4.92.